The number of hydrogen-bond donors (Lipinski definition) is 0. The topological polar surface area (TPSA) is 30.2 Å². The molecule has 118 valence electrons. The van der Waals surface area contributed by atoms with Gasteiger partial charge in [-0.2, -0.15) is 0 Å². The summed E-state index contributed by atoms with van der Waals surface area (Å²) in [6.07, 6.45) is 7.95. The molecule has 22 heavy (non-hydrogen) atoms. The van der Waals surface area contributed by atoms with Gasteiger partial charge in [0.15, 0.2) is 0 Å². The van der Waals surface area contributed by atoms with Gasteiger partial charge < -0.3 is 4.42 Å². The monoisotopic (exact) mass is 298 g/mol. The summed E-state index contributed by atoms with van der Waals surface area (Å²) in [4.78, 5) is 12.5. The van der Waals surface area contributed by atoms with E-state index in [1.54, 1.807) is 0 Å². The van der Waals surface area contributed by atoms with Gasteiger partial charge in [-0.15, -0.1) is 0 Å². The smallest absolute Gasteiger partial charge is 0.339 e. The van der Waals surface area contributed by atoms with E-state index in [1.807, 2.05) is 0 Å². The van der Waals surface area contributed by atoms with Crippen molar-refractivity contribution in [2.75, 3.05) is 0 Å². The molecule has 0 spiro atoms. The molecule has 0 bridgehead atoms. The van der Waals surface area contributed by atoms with Gasteiger partial charge in [-0.1, -0.05) is 19.3 Å². The maximum atomic E-state index is 12.5. The summed E-state index contributed by atoms with van der Waals surface area (Å²) in [5, 5.41) is 1.22. The predicted molar refractivity (Wildman–Crippen MR) is 91.9 cm³/mol. The lowest BCUT2D eigenvalue weighted by atomic mass is 9.89. The minimum Gasteiger partial charge on any atom is -0.422 e. The molecule has 1 aliphatic carbocycles. The SMILES string of the molecule is Cc1c(C)c(C)c2c3c(c(=O)oc2c1C)CCCCCCC3. The molecule has 1 aromatic heterocycles. The summed E-state index contributed by atoms with van der Waals surface area (Å²) < 4.78 is 5.79. The maximum Gasteiger partial charge on any atom is 0.339 e. The van der Waals surface area contributed by atoms with E-state index in [-0.39, 0.29) is 5.63 Å². The van der Waals surface area contributed by atoms with Gasteiger partial charge in [0, 0.05) is 10.9 Å². The highest BCUT2D eigenvalue weighted by molar-refractivity contribution is 5.89. The second-order valence-electron chi connectivity index (χ2n) is 6.82. The van der Waals surface area contributed by atoms with E-state index in [0.717, 1.165) is 36.0 Å². The lowest BCUT2D eigenvalue weighted by Gasteiger charge is -2.17. The van der Waals surface area contributed by atoms with E-state index in [1.165, 1.54) is 53.3 Å². The number of rotatable bonds is 0. The Morgan fingerprint density at radius 2 is 1.23 bits per heavy atom. The molecule has 2 heteroatoms. The van der Waals surface area contributed by atoms with Gasteiger partial charge >= 0.3 is 5.63 Å². The summed E-state index contributed by atoms with van der Waals surface area (Å²) in [6, 6.07) is 0. The summed E-state index contributed by atoms with van der Waals surface area (Å²) in [6.45, 7) is 8.56. The molecule has 3 rings (SSSR count). The van der Waals surface area contributed by atoms with Crippen molar-refractivity contribution in [1.82, 2.24) is 0 Å². The Morgan fingerprint density at radius 3 is 1.91 bits per heavy atom. The van der Waals surface area contributed by atoms with Gasteiger partial charge in [0.05, 0.1) is 0 Å². The Hall–Kier alpha value is -1.57. The average molecular weight is 298 g/mol. The van der Waals surface area contributed by atoms with Crippen LogP contribution in [0.25, 0.3) is 11.0 Å². The van der Waals surface area contributed by atoms with Crippen molar-refractivity contribution < 1.29 is 4.42 Å². The number of aryl methyl sites for hydroxylation is 3. The molecule has 0 saturated heterocycles. The molecular formula is C20H26O2. The fourth-order valence-corrected chi connectivity index (χ4v) is 3.86. The van der Waals surface area contributed by atoms with E-state index >= 15 is 0 Å². The quantitative estimate of drug-likeness (QED) is 0.635. The first-order valence-corrected chi connectivity index (χ1v) is 8.57. The molecule has 0 N–H and O–H groups in total. The normalized spacial score (nSPS) is 16.0. The molecule has 0 aliphatic heterocycles. The zero-order valence-electron chi connectivity index (χ0n) is 14.3. The first kappa shape index (κ1) is 15.3. The van der Waals surface area contributed by atoms with Crippen LogP contribution in [-0.2, 0) is 12.8 Å². The first-order valence-electron chi connectivity index (χ1n) is 8.57. The molecule has 0 fully saturated rings. The first-order chi connectivity index (χ1) is 10.5. The predicted octanol–water partition coefficient (Wildman–Crippen LogP) is 5.08. The fourth-order valence-electron chi connectivity index (χ4n) is 3.86. The van der Waals surface area contributed by atoms with Crippen LogP contribution in [0, 0.1) is 27.7 Å². The Bertz CT molecular complexity index is 781. The molecule has 2 nitrogen and oxygen atoms in total. The van der Waals surface area contributed by atoms with E-state index in [9.17, 15) is 4.79 Å². The highest BCUT2D eigenvalue weighted by Crippen LogP contribution is 2.33. The zero-order chi connectivity index (χ0) is 15.9. The van der Waals surface area contributed by atoms with Crippen LogP contribution in [0.1, 0.15) is 65.5 Å². The third kappa shape index (κ3) is 2.39. The van der Waals surface area contributed by atoms with Gasteiger partial charge in [0.2, 0.25) is 0 Å². The lowest BCUT2D eigenvalue weighted by molar-refractivity contribution is 0.541. The summed E-state index contributed by atoms with van der Waals surface area (Å²) in [5.74, 6) is 0. The largest absolute Gasteiger partial charge is 0.422 e. The summed E-state index contributed by atoms with van der Waals surface area (Å²) in [7, 11) is 0. The van der Waals surface area contributed by atoms with Crippen LogP contribution in [-0.4, -0.2) is 0 Å². The van der Waals surface area contributed by atoms with Crippen LogP contribution >= 0.6 is 0 Å². The van der Waals surface area contributed by atoms with Gasteiger partial charge in [0.1, 0.15) is 5.58 Å². The minimum absolute atomic E-state index is 0.102. The Balaban J connectivity index is 2.40. The molecule has 0 saturated carbocycles. The summed E-state index contributed by atoms with van der Waals surface area (Å²) >= 11 is 0. The van der Waals surface area contributed by atoms with Crippen molar-refractivity contribution in [1.29, 1.82) is 0 Å². The highest BCUT2D eigenvalue weighted by atomic mass is 16.4. The van der Waals surface area contributed by atoms with Crippen LogP contribution < -0.4 is 5.63 Å². The van der Waals surface area contributed by atoms with Crippen molar-refractivity contribution in [3.8, 4) is 0 Å². The average Bonchev–Trinajstić information content (AvgIpc) is 2.63. The molecule has 0 unspecified atom stereocenters. The lowest BCUT2D eigenvalue weighted by Crippen LogP contribution is -2.14. The number of hydrogen-bond acceptors (Lipinski definition) is 2. The van der Waals surface area contributed by atoms with E-state index < -0.39 is 0 Å². The molecule has 0 amide bonds. The molecule has 1 aromatic carbocycles. The van der Waals surface area contributed by atoms with Crippen molar-refractivity contribution in [3.05, 3.63) is 43.8 Å². The fraction of sp³-hybridized carbons (Fsp3) is 0.550. The number of fused-ring (bicyclic) bond motifs is 3. The second-order valence-corrected chi connectivity index (χ2v) is 6.82. The molecule has 1 aliphatic rings. The highest BCUT2D eigenvalue weighted by Gasteiger charge is 2.20. The molecule has 2 aromatic rings. The van der Waals surface area contributed by atoms with Crippen LogP contribution in [0.15, 0.2) is 9.21 Å². The second kappa shape index (κ2) is 5.91. The number of benzene rings is 1. The van der Waals surface area contributed by atoms with Crippen LogP contribution in [0.5, 0.6) is 0 Å². The maximum absolute atomic E-state index is 12.5. The Labute approximate surface area is 132 Å². The van der Waals surface area contributed by atoms with Crippen LogP contribution in [0.2, 0.25) is 0 Å². The van der Waals surface area contributed by atoms with Crippen LogP contribution in [0.3, 0.4) is 0 Å². The van der Waals surface area contributed by atoms with Gasteiger partial charge in [-0.25, -0.2) is 4.79 Å². The van der Waals surface area contributed by atoms with Crippen molar-refractivity contribution >= 4 is 11.0 Å². The standard InChI is InChI=1S/C20H26O2/c1-12-13(2)15(4)19-18(14(12)3)16-10-8-6-5-7-9-11-17(16)20(21)22-19/h5-11H2,1-4H3. The van der Waals surface area contributed by atoms with Crippen molar-refractivity contribution in [2.24, 2.45) is 0 Å². The van der Waals surface area contributed by atoms with Gasteiger partial charge in [0.25, 0.3) is 0 Å². The minimum atomic E-state index is -0.102. The zero-order valence-corrected chi connectivity index (χ0v) is 14.3. The molecule has 1 heterocycles. The molecular weight excluding hydrogens is 272 g/mol. The van der Waals surface area contributed by atoms with E-state index in [0.29, 0.717) is 0 Å². The van der Waals surface area contributed by atoms with Gasteiger partial charge in [-0.3, -0.25) is 0 Å². The van der Waals surface area contributed by atoms with Crippen molar-refractivity contribution in [2.45, 2.75) is 72.6 Å². The third-order valence-corrected chi connectivity index (χ3v) is 5.59. The van der Waals surface area contributed by atoms with Crippen molar-refractivity contribution in [3.63, 3.8) is 0 Å². The molecule has 0 radical (unpaired) electrons. The summed E-state index contributed by atoms with van der Waals surface area (Å²) in [5.41, 5.74) is 7.93. The van der Waals surface area contributed by atoms with E-state index in [4.69, 9.17) is 4.42 Å². The van der Waals surface area contributed by atoms with Crippen LogP contribution in [0.4, 0.5) is 0 Å². The Morgan fingerprint density at radius 1 is 0.682 bits per heavy atom. The Kier molecular flexibility index (Phi) is 4.12. The van der Waals surface area contributed by atoms with Gasteiger partial charge in [-0.05, 0) is 81.2 Å². The van der Waals surface area contributed by atoms with E-state index in [2.05, 4.69) is 27.7 Å². The third-order valence-electron chi connectivity index (χ3n) is 5.59. The molecule has 0 atom stereocenters.